The minimum Gasteiger partial charge on any atom is -0.443 e. The van der Waals surface area contributed by atoms with Gasteiger partial charge in [0, 0.05) is 0 Å². The van der Waals surface area contributed by atoms with Crippen molar-refractivity contribution < 1.29 is 19.1 Å². The summed E-state index contributed by atoms with van der Waals surface area (Å²) in [6.07, 6.45) is -0.499. The molecule has 0 fully saturated rings. The largest absolute Gasteiger partial charge is 0.443 e. The zero-order chi connectivity index (χ0) is 18.0. The van der Waals surface area contributed by atoms with E-state index in [1.807, 2.05) is 0 Å². The molecule has 23 heavy (non-hydrogen) atoms. The number of imide groups is 1. The number of carbonyl (C=O) groups is 2. The third kappa shape index (κ3) is 6.02. The molecule has 1 heterocycles. The number of carbonyl (C=O) groups excluding carboxylic acids is 2. The number of halogens is 1. The van der Waals surface area contributed by atoms with Gasteiger partial charge in [-0.2, -0.15) is 4.90 Å². The molecule has 0 spiro atoms. The van der Waals surface area contributed by atoms with Gasteiger partial charge in [-0.15, -0.1) is 0 Å². The molecule has 0 aliphatic rings. The normalized spacial score (nSPS) is 11.8. The molecule has 0 bridgehead atoms. The highest BCUT2D eigenvalue weighted by molar-refractivity contribution is 6.29. The van der Waals surface area contributed by atoms with E-state index in [2.05, 4.69) is 9.97 Å². The lowest BCUT2D eigenvalue weighted by Crippen LogP contribution is -2.44. The summed E-state index contributed by atoms with van der Waals surface area (Å²) in [4.78, 5) is 33.6. The van der Waals surface area contributed by atoms with Crippen LogP contribution < -0.4 is 4.90 Å². The van der Waals surface area contributed by atoms with Crippen LogP contribution in [0.2, 0.25) is 5.15 Å². The van der Waals surface area contributed by atoms with E-state index in [0.717, 1.165) is 0 Å². The van der Waals surface area contributed by atoms with Gasteiger partial charge in [-0.1, -0.05) is 11.6 Å². The average Bonchev–Trinajstić information content (AvgIpc) is 2.29. The quantitative estimate of drug-likeness (QED) is 0.763. The molecule has 0 saturated heterocycles. The number of amides is 2. The second-order valence-corrected chi connectivity index (χ2v) is 7.29. The molecule has 0 aliphatic heterocycles. The van der Waals surface area contributed by atoms with Crippen LogP contribution in [0.3, 0.4) is 0 Å². The summed E-state index contributed by atoms with van der Waals surface area (Å²) in [5.74, 6) is -0.0269. The zero-order valence-electron chi connectivity index (χ0n) is 14.4. The first kappa shape index (κ1) is 19.2. The third-order valence-corrected chi connectivity index (χ3v) is 2.45. The topological polar surface area (TPSA) is 81.6 Å². The van der Waals surface area contributed by atoms with Gasteiger partial charge in [0.15, 0.2) is 5.82 Å². The Bertz CT molecular complexity index is 578. The van der Waals surface area contributed by atoms with Crippen LogP contribution in [0.4, 0.5) is 15.4 Å². The molecular formula is C15H22ClN3O4. The second-order valence-electron chi connectivity index (χ2n) is 6.90. The van der Waals surface area contributed by atoms with Crippen LogP contribution in [-0.4, -0.2) is 33.4 Å². The zero-order valence-corrected chi connectivity index (χ0v) is 15.2. The first-order valence-electron chi connectivity index (χ1n) is 7.05. The SMILES string of the molecule is Cc1ncc(Cl)nc1N(C(=O)OC(C)(C)C)C(=O)OC(C)(C)C. The van der Waals surface area contributed by atoms with Crippen molar-refractivity contribution in [2.24, 2.45) is 0 Å². The van der Waals surface area contributed by atoms with Gasteiger partial charge >= 0.3 is 12.2 Å². The molecule has 0 radical (unpaired) electrons. The molecule has 1 rings (SSSR count). The van der Waals surface area contributed by atoms with E-state index in [0.29, 0.717) is 10.6 Å². The predicted octanol–water partition coefficient (Wildman–Crippen LogP) is 4.12. The van der Waals surface area contributed by atoms with Crippen LogP contribution in [-0.2, 0) is 9.47 Å². The van der Waals surface area contributed by atoms with Gasteiger partial charge in [0.2, 0.25) is 0 Å². The maximum atomic E-state index is 12.4. The highest BCUT2D eigenvalue weighted by Crippen LogP contribution is 2.23. The Morgan fingerprint density at radius 2 is 1.48 bits per heavy atom. The van der Waals surface area contributed by atoms with E-state index >= 15 is 0 Å². The van der Waals surface area contributed by atoms with E-state index in [1.54, 1.807) is 48.5 Å². The number of aryl methyl sites for hydroxylation is 1. The summed E-state index contributed by atoms with van der Waals surface area (Å²) < 4.78 is 10.5. The van der Waals surface area contributed by atoms with Gasteiger partial charge in [-0.3, -0.25) is 4.98 Å². The summed E-state index contributed by atoms with van der Waals surface area (Å²) in [7, 11) is 0. The van der Waals surface area contributed by atoms with Gasteiger partial charge in [0.25, 0.3) is 0 Å². The van der Waals surface area contributed by atoms with Crippen molar-refractivity contribution in [3.8, 4) is 0 Å². The Morgan fingerprint density at radius 1 is 1.04 bits per heavy atom. The van der Waals surface area contributed by atoms with Gasteiger partial charge in [-0.25, -0.2) is 14.6 Å². The number of rotatable bonds is 1. The summed E-state index contributed by atoms with van der Waals surface area (Å²) in [5, 5.41) is 0.0442. The molecule has 1 aromatic heterocycles. The number of ether oxygens (including phenoxy) is 2. The fraction of sp³-hybridized carbons (Fsp3) is 0.600. The van der Waals surface area contributed by atoms with E-state index in [4.69, 9.17) is 21.1 Å². The number of anilines is 1. The molecule has 1 aromatic rings. The fourth-order valence-electron chi connectivity index (χ4n) is 1.49. The molecule has 0 saturated carbocycles. The van der Waals surface area contributed by atoms with Gasteiger partial charge < -0.3 is 9.47 Å². The average molecular weight is 344 g/mol. The Labute approximate surface area is 140 Å². The van der Waals surface area contributed by atoms with Gasteiger partial charge in [0.1, 0.15) is 16.4 Å². The van der Waals surface area contributed by atoms with Crippen molar-refractivity contribution in [1.29, 1.82) is 0 Å². The van der Waals surface area contributed by atoms with Gasteiger partial charge in [-0.05, 0) is 48.5 Å². The monoisotopic (exact) mass is 343 g/mol. The van der Waals surface area contributed by atoms with Crippen molar-refractivity contribution in [3.63, 3.8) is 0 Å². The molecule has 0 aliphatic carbocycles. The molecule has 0 aromatic carbocycles. The summed E-state index contributed by atoms with van der Waals surface area (Å²) in [6, 6.07) is 0. The molecule has 0 atom stereocenters. The Hall–Kier alpha value is -1.89. The Kier molecular flexibility index (Phi) is 5.58. The Morgan fingerprint density at radius 3 is 1.87 bits per heavy atom. The third-order valence-electron chi connectivity index (χ3n) is 2.26. The fourth-order valence-corrected chi connectivity index (χ4v) is 1.62. The van der Waals surface area contributed by atoms with Crippen LogP contribution in [0.5, 0.6) is 0 Å². The van der Waals surface area contributed by atoms with E-state index in [1.165, 1.54) is 6.20 Å². The van der Waals surface area contributed by atoms with E-state index in [9.17, 15) is 9.59 Å². The molecule has 128 valence electrons. The highest BCUT2D eigenvalue weighted by atomic mass is 35.5. The summed E-state index contributed by atoms with van der Waals surface area (Å²) in [5.41, 5.74) is -1.25. The standard InChI is InChI=1S/C15H22ClN3O4/c1-9-11(18-10(16)8-17-9)19(12(20)22-14(2,3)4)13(21)23-15(5,6)7/h8H,1-7H3. The van der Waals surface area contributed by atoms with Crippen LogP contribution >= 0.6 is 11.6 Å². The number of nitrogens with zero attached hydrogens (tertiary/aromatic N) is 3. The molecular weight excluding hydrogens is 322 g/mol. The smallest absolute Gasteiger partial charge is 0.425 e. The first-order valence-corrected chi connectivity index (χ1v) is 7.43. The minimum absolute atomic E-state index is 0.0269. The number of hydrogen-bond donors (Lipinski definition) is 0. The Balaban J connectivity index is 3.28. The van der Waals surface area contributed by atoms with Crippen molar-refractivity contribution >= 4 is 29.6 Å². The van der Waals surface area contributed by atoms with E-state index in [-0.39, 0.29) is 11.0 Å². The molecule has 0 unspecified atom stereocenters. The van der Waals surface area contributed by atoms with Crippen molar-refractivity contribution in [2.45, 2.75) is 59.7 Å². The predicted molar refractivity (Wildman–Crippen MR) is 86.7 cm³/mol. The molecule has 2 amide bonds. The van der Waals surface area contributed by atoms with Crippen LogP contribution in [0.1, 0.15) is 47.2 Å². The lowest BCUT2D eigenvalue weighted by molar-refractivity contribution is 0.0428. The van der Waals surface area contributed by atoms with Crippen molar-refractivity contribution in [1.82, 2.24) is 9.97 Å². The highest BCUT2D eigenvalue weighted by Gasteiger charge is 2.34. The molecule has 0 N–H and O–H groups in total. The maximum Gasteiger partial charge on any atom is 0.425 e. The van der Waals surface area contributed by atoms with Crippen LogP contribution in [0, 0.1) is 6.92 Å². The molecule has 7 nitrogen and oxygen atoms in total. The number of hydrogen-bond acceptors (Lipinski definition) is 6. The van der Waals surface area contributed by atoms with Crippen molar-refractivity contribution in [2.75, 3.05) is 4.90 Å². The van der Waals surface area contributed by atoms with E-state index < -0.39 is 23.4 Å². The lowest BCUT2D eigenvalue weighted by Gasteiger charge is -2.28. The number of aromatic nitrogens is 2. The van der Waals surface area contributed by atoms with Crippen LogP contribution in [0.15, 0.2) is 6.20 Å². The van der Waals surface area contributed by atoms with Crippen LogP contribution in [0.25, 0.3) is 0 Å². The summed E-state index contributed by atoms with van der Waals surface area (Å²) in [6.45, 7) is 11.7. The summed E-state index contributed by atoms with van der Waals surface area (Å²) >= 11 is 5.83. The minimum atomic E-state index is -0.911. The second kappa shape index (κ2) is 6.70. The lowest BCUT2D eigenvalue weighted by atomic mass is 10.2. The maximum absolute atomic E-state index is 12.4. The molecule has 8 heteroatoms. The first-order chi connectivity index (χ1) is 10.3. The van der Waals surface area contributed by atoms with Crippen molar-refractivity contribution in [3.05, 3.63) is 17.0 Å². The van der Waals surface area contributed by atoms with Gasteiger partial charge in [0.05, 0.1) is 11.9 Å².